The van der Waals surface area contributed by atoms with E-state index in [0.717, 1.165) is 6.54 Å². The molecule has 0 aromatic carbocycles. The summed E-state index contributed by atoms with van der Waals surface area (Å²) in [6.45, 7) is 0.774. The molecule has 15 heavy (non-hydrogen) atoms. The second kappa shape index (κ2) is 4.61. The van der Waals surface area contributed by atoms with Crippen LogP contribution < -0.4 is 11.1 Å². The van der Waals surface area contributed by atoms with Gasteiger partial charge in [0.15, 0.2) is 5.13 Å². The van der Waals surface area contributed by atoms with Crippen molar-refractivity contribution in [2.75, 3.05) is 12.3 Å². The number of aromatic nitrogens is 1. The number of nitrogens with one attached hydrogen (secondary N) is 1. The lowest BCUT2D eigenvalue weighted by atomic mass is 10.1. The summed E-state index contributed by atoms with van der Waals surface area (Å²) in [5, 5.41) is 5.04. The molecule has 82 valence electrons. The van der Waals surface area contributed by atoms with Crippen LogP contribution in [0.25, 0.3) is 0 Å². The van der Waals surface area contributed by atoms with E-state index >= 15 is 0 Å². The smallest absolute Gasteiger partial charge is 0.270 e. The van der Waals surface area contributed by atoms with Crippen molar-refractivity contribution in [2.45, 2.75) is 25.7 Å². The fourth-order valence-electron chi connectivity index (χ4n) is 1.93. The van der Waals surface area contributed by atoms with Gasteiger partial charge in [-0.25, -0.2) is 4.98 Å². The maximum Gasteiger partial charge on any atom is 0.270 e. The minimum atomic E-state index is -0.102. The molecule has 0 bridgehead atoms. The Labute approximate surface area is 92.9 Å². The van der Waals surface area contributed by atoms with Crippen molar-refractivity contribution in [1.82, 2.24) is 10.3 Å². The Morgan fingerprint density at radius 3 is 2.93 bits per heavy atom. The molecule has 0 spiro atoms. The summed E-state index contributed by atoms with van der Waals surface area (Å²) in [6.07, 6.45) is 5.06. The third-order valence-electron chi connectivity index (χ3n) is 2.78. The number of thiazole rings is 1. The van der Waals surface area contributed by atoms with Gasteiger partial charge in [-0.05, 0) is 18.8 Å². The predicted octanol–water partition coefficient (Wildman–Crippen LogP) is 1.65. The molecular weight excluding hydrogens is 210 g/mol. The zero-order valence-corrected chi connectivity index (χ0v) is 9.35. The van der Waals surface area contributed by atoms with E-state index in [2.05, 4.69) is 10.3 Å². The lowest BCUT2D eigenvalue weighted by molar-refractivity contribution is 0.0943. The van der Waals surface area contributed by atoms with E-state index in [9.17, 15) is 4.79 Å². The molecule has 0 saturated heterocycles. The van der Waals surface area contributed by atoms with Gasteiger partial charge in [-0.1, -0.05) is 12.8 Å². The van der Waals surface area contributed by atoms with Crippen molar-refractivity contribution in [3.63, 3.8) is 0 Å². The quantitative estimate of drug-likeness (QED) is 0.821. The summed E-state index contributed by atoms with van der Waals surface area (Å²) in [5.74, 6) is 0.555. The van der Waals surface area contributed by atoms with E-state index in [1.54, 1.807) is 5.38 Å². The predicted molar refractivity (Wildman–Crippen MR) is 60.8 cm³/mol. The van der Waals surface area contributed by atoms with Crippen molar-refractivity contribution in [2.24, 2.45) is 5.92 Å². The van der Waals surface area contributed by atoms with Gasteiger partial charge in [0.25, 0.3) is 5.91 Å². The number of hydrogen-bond donors (Lipinski definition) is 2. The minimum Gasteiger partial charge on any atom is -0.375 e. The van der Waals surface area contributed by atoms with Gasteiger partial charge in [0.05, 0.1) is 0 Å². The molecule has 1 aromatic heterocycles. The zero-order chi connectivity index (χ0) is 10.7. The molecule has 0 radical (unpaired) electrons. The van der Waals surface area contributed by atoms with E-state index in [4.69, 9.17) is 5.73 Å². The average molecular weight is 225 g/mol. The molecule has 1 aliphatic carbocycles. The number of nitrogens with two attached hydrogens (primary N) is 1. The third-order valence-corrected chi connectivity index (χ3v) is 3.45. The van der Waals surface area contributed by atoms with Crippen LogP contribution in [0, 0.1) is 5.92 Å². The van der Waals surface area contributed by atoms with Gasteiger partial charge in [-0.2, -0.15) is 0 Å². The summed E-state index contributed by atoms with van der Waals surface area (Å²) in [6, 6.07) is 0. The fraction of sp³-hybridized carbons (Fsp3) is 0.600. The number of anilines is 1. The molecule has 2 rings (SSSR count). The van der Waals surface area contributed by atoms with Gasteiger partial charge in [-0.3, -0.25) is 4.79 Å². The molecule has 1 heterocycles. The number of hydrogen-bond acceptors (Lipinski definition) is 4. The second-order valence-electron chi connectivity index (χ2n) is 3.93. The van der Waals surface area contributed by atoms with Crippen LogP contribution in [0.1, 0.15) is 36.2 Å². The molecule has 5 heteroatoms. The van der Waals surface area contributed by atoms with Gasteiger partial charge in [-0.15, -0.1) is 11.3 Å². The number of nitrogen functional groups attached to an aromatic ring is 1. The van der Waals surface area contributed by atoms with Gasteiger partial charge >= 0.3 is 0 Å². The summed E-state index contributed by atoms with van der Waals surface area (Å²) < 4.78 is 0. The largest absolute Gasteiger partial charge is 0.375 e. The Morgan fingerprint density at radius 1 is 1.60 bits per heavy atom. The summed E-state index contributed by atoms with van der Waals surface area (Å²) in [4.78, 5) is 15.5. The molecule has 0 aliphatic heterocycles. The standard InChI is InChI=1S/C10H15N3OS/c11-10-13-8(6-15-10)9(14)12-5-7-3-1-2-4-7/h6-7H,1-5H2,(H2,11,13)(H,12,14). The summed E-state index contributed by atoms with van der Waals surface area (Å²) >= 11 is 1.30. The Hall–Kier alpha value is -1.10. The molecule has 3 N–H and O–H groups in total. The highest BCUT2D eigenvalue weighted by Gasteiger charge is 2.16. The van der Waals surface area contributed by atoms with Gasteiger partial charge in [0.1, 0.15) is 5.69 Å². The lowest BCUT2D eigenvalue weighted by Crippen LogP contribution is -2.28. The number of nitrogens with zero attached hydrogens (tertiary/aromatic N) is 1. The van der Waals surface area contributed by atoms with Crippen LogP contribution in [-0.2, 0) is 0 Å². The first-order valence-corrected chi connectivity index (χ1v) is 6.13. The Bertz CT molecular complexity index is 344. The number of rotatable bonds is 3. The Morgan fingerprint density at radius 2 is 2.33 bits per heavy atom. The maximum atomic E-state index is 11.6. The van der Waals surface area contributed by atoms with Crippen LogP contribution in [0.3, 0.4) is 0 Å². The van der Waals surface area contributed by atoms with Gasteiger partial charge < -0.3 is 11.1 Å². The molecular formula is C10H15N3OS. The second-order valence-corrected chi connectivity index (χ2v) is 4.82. The van der Waals surface area contributed by atoms with Crippen LogP contribution in [0.5, 0.6) is 0 Å². The van der Waals surface area contributed by atoms with E-state index < -0.39 is 0 Å². The highest BCUT2D eigenvalue weighted by atomic mass is 32.1. The first-order chi connectivity index (χ1) is 7.25. The number of carbonyl (C=O) groups is 1. The van der Waals surface area contributed by atoms with Gasteiger partial charge in [0, 0.05) is 11.9 Å². The first-order valence-electron chi connectivity index (χ1n) is 5.25. The van der Waals surface area contributed by atoms with Crippen molar-refractivity contribution in [1.29, 1.82) is 0 Å². The lowest BCUT2D eigenvalue weighted by Gasteiger charge is -2.08. The van der Waals surface area contributed by atoms with Crippen LogP contribution in [0.2, 0.25) is 0 Å². The summed E-state index contributed by atoms with van der Waals surface area (Å²) in [7, 11) is 0. The van der Waals surface area contributed by atoms with Gasteiger partial charge in [0.2, 0.25) is 0 Å². The van der Waals surface area contributed by atoms with E-state index in [-0.39, 0.29) is 5.91 Å². The van der Waals surface area contributed by atoms with Crippen LogP contribution in [0.15, 0.2) is 5.38 Å². The molecule has 1 aliphatic rings. The van der Waals surface area contributed by atoms with Crippen molar-refractivity contribution in [3.05, 3.63) is 11.1 Å². The molecule has 1 saturated carbocycles. The number of carbonyl (C=O) groups excluding carboxylic acids is 1. The minimum absolute atomic E-state index is 0.102. The van der Waals surface area contributed by atoms with E-state index in [1.165, 1.54) is 37.0 Å². The highest BCUT2D eigenvalue weighted by molar-refractivity contribution is 7.13. The number of amides is 1. The third kappa shape index (κ3) is 2.68. The normalized spacial score (nSPS) is 16.8. The Balaban J connectivity index is 1.81. The SMILES string of the molecule is Nc1nc(C(=O)NCC2CCCC2)cs1. The molecule has 0 atom stereocenters. The molecule has 0 unspecified atom stereocenters. The van der Waals surface area contributed by atoms with Crippen LogP contribution >= 0.6 is 11.3 Å². The topological polar surface area (TPSA) is 68.0 Å². The Kier molecular flexibility index (Phi) is 3.20. The molecule has 1 aromatic rings. The van der Waals surface area contributed by atoms with Crippen LogP contribution in [-0.4, -0.2) is 17.4 Å². The maximum absolute atomic E-state index is 11.6. The van der Waals surface area contributed by atoms with E-state index in [0.29, 0.717) is 16.7 Å². The highest BCUT2D eigenvalue weighted by Crippen LogP contribution is 2.23. The molecule has 4 nitrogen and oxygen atoms in total. The molecule has 1 amide bonds. The van der Waals surface area contributed by atoms with Crippen LogP contribution in [0.4, 0.5) is 5.13 Å². The zero-order valence-electron chi connectivity index (χ0n) is 8.53. The fourth-order valence-corrected chi connectivity index (χ4v) is 2.48. The molecule has 1 fully saturated rings. The van der Waals surface area contributed by atoms with Crippen molar-refractivity contribution >= 4 is 22.4 Å². The van der Waals surface area contributed by atoms with Crippen molar-refractivity contribution in [3.8, 4) is 0 Å². The average Bonchev–Trinajstić information content (AvgIpc) is 2.84. The van der Waals surface area contributed by atoms with Crippen molar-refractivity contribution < 1.29 is 4.79 Å². The first kappa shape index (κ1) is 10.4. The summed E-state index contributed by atoms with van der Waals surface area (Å²) in [5.41, 5.74) is 5.90. The van der Waals surface area contributed by atoms with E-state index in [1.807, 2.05) is 0 Å². The monoisotopic (exact) mass is 225 g/mol.